The van der Waals surface area contributed by atoms with Gasteiger partial charge in [0.2, 0.25) is 0 Å². The Morgan fingerprint density at radius 2 is 1.89 bits per heavy atom. The zero-order chi connectivity index (χ0) is 19.5. The van der Waals surface area contributed by atoms with Gasteiger partial charge in [0.1, 0.15) is 17.3 Å². The van der Waals surface area contributed by atoms with Crippen molar-refractivity contribution in [3.05, 3.63) is 48.3 Å². The summed E-state index contributed by atoms with van der Waals surface area (Å²) in [6.45, 7) is 4.34. The predicted molar refractivity (Wildman–Crippen MR) is 106 cm³/mol. The Kier molecular flexibility index (Phi) is 5.34. The minimum atomic E-state index is -0.505. The molecule has 2 heterocycles. The van der Waals surface area contributed by atoms with Crippen molar-refractivity contribution in [3.8, 4) is 11.5 Å². The largest absolute Gasteiger partial charge is 0.497 e. The van der Waals surface area contributed by atoms with E-state index in [1.807, 2.05) is 12.1 Å². The van der Waals surface area contributed by atoms with E-state index >= 15 is 0 Å². The van der Waals surface area contributed by atoms with Gasteiger partial charge in [-0.1, -0.05) is 0 Å². The van der Waals surface area contributed by atoms with E-state index < -0.39 is 6.10 Å². The number of nitrogens with zero attached hydrogens (tertiary/aromatic N) is 2. The number of piperazine rings is 1. The number of hydrogen-bond donors (Lipinski definition) is 1. The maximum absolute atomic E-state index is 13.1. The lowest BCUT2D eigenvalue weighted by Crippen LogP contribution is -2.48. The molecule has 0 radical (unpaired) electrons. The van der Waals surface area contributed by atoms with Crippen LogP contribution in [0.3, 0.4) is 0 Å². The Balaban J connectivity index is 1.29. The second kappa shape index (κ2) is 8.06. The van der Waals surface area contributed by atoms with E-state index in [0.29, 0.717) is 23.6 Å². The van der Waals surface area contributed by atoms with Crippen LogP contribution in [0, 0.1) is 5.82 Å². The van der Waals surface area contributed by atoms with E-state index in [1.54, 1.807) is 25.3 Å². The first-order valence-electron chi connectivity index (χ1n) is 9.51. The summed E-state index contributed by atoms with van der Waals surface area (Å²) < 4.78 is 24.2. The van der Waals surface area contributed by atoms with Crippen LogP contribution in [0.2, 0.25) is 0 Å². The summed E-state index contributed by atoms with van der Waals surface area (Å²) in [7, 11) is 1.60. The highest BCUT2D eigenvalue weighted by Gasteiger charge is 2.29. The fraction of sp³-hybridized carbons (Fsp3) is 0.381. The Morgan fingerprint density at radius 1 is 1.14 bits per heavy atom. The molecule has 6 nitrogen and oxygen atoms in total. The molecule has 0 aromatic heterocycles. The summed E-state index contributed by atoms with van der Waals surface area (Å²) >= 11 is 0. The van der Waals surface area contributed by atoms with Crippen LogP contribution in [0.15, 0.2) is 42.5 Å². The van der Waals surface area contributed by atoms with Gasteiger partial charge in [-0.2, -0.15) is 0 Å². The maximum Gasteiger partial charge on any atom is 0.265 e. The first-order valence-corrected chi connectivity index (χ1v) is 9.51. The quantitative estimate of drug-likeness (QED) is 0.858. The van der Waals surface area contributed by atoms with Gasteiger partial charge in [0, 0.05) is 50.9 Å². The third kappa shape index (κ3) is 4.04. The summed E-state index contributed by atoms with van der Waals surface area (Å²) in [5.41, 5.74) is 1.72. The minimum absolute atomic E-state index is 0.109. The maximum atomic E-state index is 13.1. The molecule has 1 atom stereocenters. The number of methoxy groups -OCH3 is 1. The number of carbonyl (C=O) groups excluding carboxylic acids is 1. The number of benzene rings is 2. The van der Waals surface area contributed by atoms with Crippen molar-refractivity contribution in [2.75, 3.05) is 50.1 Å². The van der Waals surface area contributed by atoms with Crippen LogP contribution >= 0.6 is 0 Å². The molecule has 28 heavy (non-hydrogen) atoms. The second-order valence-corrected chi connectivity index (χ2v) is 7.05. The number of hydrogen-bond acceptors (Lipinski definition) is 5. The number of ether oxygens (including phenoxy) is 2. The van der Waals surface area contributed by atoms with E-state index in [0.717, 1.165) is 38.4 Å². The highest BCUT2D eigenvalue weighted by atomic mass is 19.1. The fourth-order valence-electron chi connectivity index (χ4n) is 3.62. The molecule has 2 aliphatic heterocycles. The zero-order valence-electron chi connectivity index (χ0n) is 15.9. The minimum Gasteiger partial charge on any atom is -0.497 e. The number of halogens is 1. The van der Waals surface area contributed by atoms with Crippen molar-refractivity contribution >= 4 is 17.3 Å². The molecule has 2 aliphatic rings. The van der Waals surface area contributed by atoms with E-state index in [1.165, 1.54) is 12.1 Å². The average Bonchev–Trinajstić information content (AvgIpc) is 2.73. The lowest BCUT2D eigenvalue weighted by atomic mass is 10.1. The van der Waals surface area contributed by atoms with Crippen LogP contribution in [-0.2, 0) is 4.79 Å². The first kappa shape index (κ1) is 18.6. The number of rotatable bonds is 5. The van der Waals surface area contributed by atoms with Gasteiger partial charge in [0.15, 0.2) is 6.10 Å². The summed E-state index contributed by atoms with van der Waals surface area (Å²) in [6.07, 6.45) is 0.119. The van der Waals surface area contributed by atoms with Gasteiger partial charge in [-0.3, -0.25) is 9.69 Å². The van der Waals surface area contributed by atoms with Crippen molar-refractivity contribution in [1.82, 2.24) is 4.90 Å². The molecule has 2 aromatic rings. The number of nitrogens with one attached hydrogen (secondary N) is 1. The van der Waals surface area contributed by atoms with Gasteiger partial charge in [-0.25, -0.2) is 4.39 Å². The predicted octanol–water partition coefficient (Wildman–Crippen LogP) is 2.75. The van der Waals surface area contributed by atoms with Crippen molar-refractivity contribution < 1.29 is 18.7 Å². The molecular weight excluding hydrogens is 361 g/mol. The molecule has 1 N–H and O–H groups in total. The Labute approximate surface area is 163 Å². The lowest BCUT2D eigenvalue weighted by Gasteiger charge is -2.36. The van der Waals surface area contributed by atoms with E-state index in [9.17, 15) is 9.18 Å². The van der Waals surface area contributed by atoms with Gasteiger partial charge in [-0.15, -0.1) is 0 Å². The van der Waals surface area contributed by atoms with Crippen molar-refractivity contribution in [1.29, 1.82) is 0 Å². The molecule has 0 bridgehead atoms. The third-order valence-electron chi connectivity index (χ3n) is 5.28. The number of fused-ring (bicyclic) bond motifs is 1. The summed E-state index contributed by atoms with van der Waals surface area (Å²) in [6, 6.07) is 12.0. The molecule has 0 saturated carbocycles. The Bertz CT molecular complexity index is 835. The molecule has 1 saturated heterocycles. The molecule has 0 spiro atoms. The normalized spacial score (nSPS) is 19.6. The SMILES string of the molecule is COc1ccc2c(c1)OC(CCN1CCN(c3ccc(F)cc3)CC1)C(=O)N2. The van der Waals surface area contributed by atoms with E-state index in [2.05, 4.69) is 15.1 Å². The van der Waals surface area contributed by atoms with E-state index in [-0.39, 0.29) is 11.7 Å². The van der Waals surface area contributed by atoms with Crippen molar-refractivity contribution in [2.45, 2.75) is 12.5 Å². The number of anilines is 2. The molecule has 1 amide bonds. The molecule has 1 fully saturated rings. The molecule has 4 rings (SSSR count). The van der Waals surface area contributed by atoms with Gasteiger partial charge in [-0.05, 0) is 36.4 Å². The molecule has 7 heteroatoms. The zero-order valence-corrected chi connectivity index (χ0v) is 15.9. The third-order valence-corrected chi connectivity index (χ3v) is 5.28. The van der Waals surface area contributed by atoms with E-state index in [4.69, 9.17) is 9.47 Å². The van der Waals surface area contributed by atoms with Gasteiger partial charge < -0.3 is 19.7 Å². The fourth-order valence-corrected chi connectivity index (χ4v) is 3.62. The van der Waals surface area contributed by atoms with Gasteiger partial charge >= 0.3 is 0 Å². The Hall–Kier alpha value is -2.80. The average molecular weight is 385 g/mol. The Morgan fingerprint density at radius 3 is 2.61 bits per heavy atom. The highest BCUT2D eigenvalue weighted by molar-refractivity contribution is 5.97. The lowest BCUT2D eigenvalue weighted by molar-refractivity contribution is -0.124. The van der Waals surface area contributed by atoms with Crippen LogP contribution in [0.1, 0.15) is 6.42 Å². The number of amides is 1. The smallest absolute Gasteiger partial charge is 0.265 e. The summed E-state index contributed by atoms with van der Waals surface area (Å²) in [5.74, 6) is 1.02. The van der Waals surface area contributed by atoms with Crippen molar-refractivity contribution in [2.24, 2.45) is 0 Å². The van der Waals surface area contributed by atoms with Crippen LogP contribution < -0.4 is 19.7 Å². The molecule has 148 valence electrons. The monoisotopic (exact) mass is 385 g/mol. The van der Waals surface area contributed by atoms with Crippen molar-refractivity contribution in [3.63, 3.8) is 0 Å². The van der Waals surface area contributed by atoms with Crippen LogP contribution in [0.4, 0.5) is 15.8 Å². The molecule has 0 aliphatic carbocycles. The van der Waals surface area contributed by atoms with Gasteiger partial charge in [0.05, 0.1) is 12.8 Å². The summed E-state index contributed by atoms with van der Waals surface area (Å²) in [5, 5.41) is 2.91. The topological polar surface area (TPSA) is 54.0 Å². The summed E-state index contributed by atoms with van der Waals surface area (Å²) in [4.78, 5) is 16.9. The standard InChI is InChI=1S/C21H24FN3O3/c1-27-17-6-7-18-20(14-17)28-19(21(26)23-18)8-9-24-10-12-25(13-11-24)16-4-2-15(22)3-5-16/h2-7,14,19H,8-13H2,1H3,(H,23,26). The van der Waals surface area contributed by atoms with Crippen LogP contribution in [0.5, 0.6) is 11.5 Å². The molecule has 1 unspecified atom stereocenters. The van der Waals surface area contributed by atoms with Crippen LogP contribution in [-0.4, -0.2) is 56.7 Å². The molecule has 2 aromatic carbocycles. The van der Waals surface area contributed by atoms with Gasteiger partial charge in [0.25, 0.3) is 5.91 Å². The highest BCUT2D eigenvalue weighted by Crippen LogP contribution is 2.33. The molecular formula is C21H24FN3O3. The second-order valence-electron chi connectivity index (χ2n) is 7.05. The first-order chi connectivity index (χ1) is 13.6. The van der Waals surface area contributed by atoms with Crippen LogP contribution in [0.25, 0.3) is 0 Å². The number of carbonyl (C=O) groups is 1.